The van der Waals surface area contributed by atoms with Crippen LogP contribution in [0.1, 0.15) is 13.3 Å². The number of sulfone groups is 1. The van der Waals surface area contributed by atoms with Crippen LogP contribution in [0.15, 0.2) is 23.1 Å². The van der Waals surface area contributed by atoms with Crippen LogP contribution >= 0.6 is 0 Å². The third-order valence-electron chi connectivity index (χ3n) is 2.49. The first-order valence-corrected chi connectivity index (χ1v) is 7.54. The molecule has 8 nitrogen and oxygen atoms in total. The lowest BCUT2D eigenvalue weighted by Gasteiger charge is -2.14. The zero-order valence-corrected chi connectivity index (χ0v) is 11.8. The van der Waals surface area contributed by atoms with Crippen LogP contribution in [0.2, 0.25) is 0 Å². The Balaban J connectivity index is 3.27. The van der Waals surface area contributed by atoms with Crippen LogP contribution in [-0.4, -0.2) is 31.5 Å². The first-order valence-electron chi connectivity index (χ1n) is 5.65. The number of carbonyl (C=O) groups excluding carboxylic acids is 1. The molecular formula is C11H15N3O5S. The van der Waals surface area contributed by atoms with Gasteiger partial charge in [0.15, 0.2) is 9.84 Å². The lowest BCUT2D eigenvalue weighted by atomic mass is 10.2. The number of nitro benzene ring substituents is 1. The molecule has 20 heavy (non-hydrogen) atoms. The number of rotatable bonds is 6. The molecule has 0 heterocycles. The highest BCUT2D eigenvalue weighted by molar-refractivity contribution is 7.90. The van der Waals surface area contributed by atoms with Gasteiger partial charge in [0, 0.05) is 18.7 Å². The van der Waals surface area contributed by atoms with Crippen LogP contribution in [0.25, 0.3) is 0 Å². The summed E-state index contributed by atoms with van der Waals surface area (Å²) in [7, 11) is -3.73. The molecule has 0 spiro atoms. The lowest BCUT2D eigenvalue weighted by Crippen LogP contribution is -2.24. The third kappa shape index (κ3) is 3.92. The van der Waals surface area contributed by atoms with Gasteiger partial charge in [0.25, 0.3) is 0 Å². The lowest BCUT2D eigenvalue weighted by molar-refractivity contribution is -0.386. The van der Waals surface area contributed by atoms with Crippen LogP contribution in [0.4, 0.5) is 11.4 Å². The van der Waals surface area contributed by atoms with Gasteiger partial charge >= 0.3 is 5.69 Å². The van der Waals surface area contributed by atoms with Crippen molar-refractivity contribution in [2.75, 3.05) is 11.6 Å². The molecule has 1 atom stereocenters. The minimum absolute atomic E-state index is 0.0275. The minimum atomic E-state index is -3.73. The molecule has 0 aliphatic rings. The van der Waals surface area contributed by atoms with Gasteiger partial charge in [0.2, 0.25) is 5.91 Å². The van der Waals surface area contributed by atoms with Crippen LogP contribution in [0.3, 0.4) is 0 Å². The van der Waals surface area contributed by atoms with Gasteiger partial charge in [-0.2, -0.15) is 0 Å². The van der Waals surface area contributed by atoms with E-state index in [2.05, 4.69) is 5.32 Å². The predicted molar refractivity (Wildman–Crippen MR) is 73.1 cm³/mol. The number of anilines is 1. The molecule has 1 amide bonds. The summed E-state index contributed by atoms with van der Waals surface area (Å²) in [6, 6.07) is 3.48. The van der Waals surface area contributed by atoms with Crippen LogP contribution in [0.5, 0.6) is 0 Å². The Kier molecular flexibility index (Phi) is 4.66. The van der Waals surface area contributed by atoms with Crippen LogP contribution < -0.4 is 11.1 Å². The highest BCUT2D eigenvalue weighted by atomic mass is 32.2. The van der Waals surface area contributed by atoms with Gasteiger partial charge in [0.05, 0.1) is 4.92 Å². The van der Waals surface area contributed by atoms with E-state index in [1.165, 1.54) is 12.1 Å². The highest BCUT2D eigenvalue weighted by Gasteiger charge is 2.26. The summed E-state index contributed by atoms with van der Waals surface area (Å²) in [5, 5.41) is 13.8. The van der Waals surface area contributed by atoms with Crippen molar-refractivity contribution >= 4 is 27.1 Å². The largest absolute Gasteiger partial charge is 0.376 e. The van der Waals surface area contributed by atoms with E-state index in [0.29, 0.717) is 0 Å². The Morgan fingerprint density at radius 1 is 1.50 bits per heavy atom. The second-order valence-corrected chi connectivity index (χ2v) is 6.38. The fourth-order valence-corrected chi connectivity index (χ4v) is 2.61. The van der Waals surface area contributed by atoms with Gasteiger partial charge in [-0.3, -0.25) is 14.9 Å². The zero-order chi connectivity index (χ0) is 15.5. The summed E-state index contributed by atoms with van der Waals surface area (Å²) in [5.41, 5.74) is 4.53. The van der Waals surface area contributed by atoms with E-state index in [-0.39, 0.29) is 17.0 Å². The van der Waals surface area contributed by atoms with E-state index in [9.17, 15) is 23.3 Å². The number of carbonyl (C=O) groups is 1. The van der Waals surface area contributed by atoms with Gasteiger partial charge in [0.1, 0.15) is 10.6 Å². The Labute approximate surface area is 116 Å². The smallest absolute Gasteiger partial charge is 0.310 e. The maximum absolute atomic E-state index is 11.6. The van der Waals surface area contributed by atoms with Crippen molar-refractivity contribution in [3.63, 3.8) is 0 Å². The molecule has 3 N–H and O–H groups in total. The molecule has 9 heteroatoms. The number of hydrogen-bond donors (Lipinski definition) is 2. The van der Waals surface area contributed by atoms with E-state index in [0.717, 1.165) is 12.3 Å². The average molecular weight is 301 g/mol. The molecule has 1 aromatic rings. The second-order valence-electron chi connectivity index (χ2n) is 4.40. The topological polar surface area (TPSA) is 132 Å². The number of nitrogens with zero attached hydrogens (tertiary/aromatic N) is 1. The van der Waals surface area contributed by atoms with E-state index in [1.54, 1.807) is 6.92 Å². The van der Waals surface area contributed by atoms with Crippen molar-refractivity contribution in [1.82, 2.24) is 0 Å². The fourth-order valence-electron chi connectivity index (χ4n) is 1.74. The van der Waals surface area contributed by atoms with Crippen molar-refractivity contribution < 1.29 is 18.1 Å². The number of para-hydroxylation sites is 1. The van der Waals surface area contributed by atoms with Crippen LogP contribution in [-0.2, 0) is 14.6 Å². The number of benzene rings is 1. The fraction of sp³-hybridized carbons (Fsp3) is 0.364. The van der Waals surface area contributed by atoms with E-state index in [4.69, 9.17) is 5.73 Å². The molecular weight excluding hydrogens is 286 g/mol. The third-order valence-corrected chi connectivity index (χ3v) is 3.62. The molecule has 0 aromatic heterocycles. The molecule has 110 valence electrons. The maximum Gasteiger partial charge on any atom is 0.310 e. The summed E-state index contributed by atoms with van der Waals surface area (Å²) in [6.45, 7) is 1.61. The molecule has 0 bridgehead atoms. The highest BCUT2D eigenvalue weighted by Crippen LogP contribution is 2.32. The predicted octanol–water partition coefficient (Wildman–Crippen LogP) is 0.674. The second kappa shape index (κ2) is 5.87. The quantitative estimate of drug-likeness (QED) is 0.586. The number of nitrogens with one attached hydrogen (secondary N) is 1. The SMILES string of the molecule is CC(CC(N)=O)Nc1cccc(S(C)(=O)=O)c1[N+](=O)[O-]. The molecule has 0 aliphatic carbocycles. The molecule has 0 radical (unpaired) electrons. The Hall–Kier alpha value is -2.16. The zero-order valence-electron chi connectivity index (χ0n) is 11.0. The van der Waals surface area contributed by atoms with Gasteiger partial charge < -0.3 is 11.1 Å². The minimum Gasteiger partial charge on any atom is -0.376 e. The monoisotopic (exact) mass is 301 g/mol. The summed E-state index contributed by atoms with van der Waals surface area (Å²) >= 11 is 0. The molecule has 1 aromatic carbocycles. The van der Waals surface area contributed by atoms with E-state index < -0.39 is 32.4 Å². The summed E-state index contributed by atoms with van der Waals surface area (Å²) in [4.78, 5) is 20.8. The number of nitrogens with two attached hydrogens (primary N) is 1. The van der Waals surface area contributed by atoms with Crippen molar-refractivity contribution in [2.45, 2.75) is 24.3 Å². The summed E-state index contributed by atoms with van der Waals surface area (Å²) in [6.07, 6.45) is 0.867. The molecule has 1 unspecified atom stereocenters. The Morgan fingerprint density at radius 2 is 2.10 bits per heavy atom. The van der Waals surface area contributed by atoms with Crippen molar-refractivity contribution in [3.05, 3.63) is 28.3 Å². The van der Waals surface area contributed by atoms with Crippen molar-refractivity contribution in [2.24, 2.45) is 5.73 Å². The Morgan fingerprint density at radius 3 is 2.55 bits per heavy atom. The van der Waals surface area contributed by atoms with Gasteiger partial charge in [-0.1, -0.05) is 6.07 Å². The number of primary amides is 1. The van der Waals surface area contributed by atoms with Gasteiger partial charge in [-0.25, -0.2) is 8.42 Å². The van der Waals surface area contributed by atoms with Crippen molar-refractivity contribution in [1.29, 1.82) is 0 Å². The normalized spacial score (nSPS) is 12.7. The number of nitro groups is 1. The Bertz CT molecular complexity index is 641. The van der Waals surface area contributed by atoms with Gasteiger partial charge in [-0.15, -0.1) is 0 Å². The van der Waals surface area contributed by atoms with Crippen LogP contribution in [0, 0.1) is 10.1 Å². The first kappa shape index (κ1) is 15.9. The molecule has 0 saturated heterocycles. The standard InChI is InChI=1S/C11H15N3O5S/c1-7(6-10(12)15)13-8-4-3-5-9(20(2,18)19)11(8)14(16)17/h3-5,7,13H,6H2,1-2H3,(H2,12,15). The number of hydrogen-bond acceptors (Lipinski definition) is 6. The molecule has 1 rings (SSSR count). The first-order chi connectivity index (χ1) is 9.12. The summed E-state index contributed by atoms with van der Waals surface area (Å²) in [5.74, 6) is -0.563. The van der Waals surface area contributed by atoms with Gasteiger partial charge in [-0.05, 0) is 19.1 Å². The summed E-state index contributed by atoms with van der Waals surface area (Å²) < 4.78 is 23.1. The molecule has 0 aliphatic heterocycles. The van der Waals surface area contributed by atoms with Crippen molar-refractivity contribution in [3.8, 4) is 0 Å². The van der Waals surface area contributed by atoms with E-state index in [1.807, 2.05) is 0 Å². The average Bonchev–Trinajstić information content (AvgIpc) is 2.25. The van der Waals surface area contributed by atoms with E-state index >= 15 is 0 Å². The maximum atomic E-state index is 11.6. The molecule has 0 fully saturated rings. The number of amides is 1. The molecule has 0 saturated carbocycles.